The van der Waals surface area contributed by atoms with E-state index in [1.165, 1.54) is 4.88 Å². The minimum Gasteiger partial charge on any atom is -0.248 e. The minimum absolute atomic E-state index is 0.131. The molecule has 1 N–H and O–H groups in total. The third kappa shape index (κ3) is 5.81. The molecule has 7 heteroatoms. The lowest BCUT2D eigenvalue weighted by Crippen LogP contribution is -2.25. The predicted octanol–water partition coefficient (Wildman–Crippen LogP) is 2.14. The molecule has 0 aliphatic carbocycles. The van der Waals surface area contributed by atoms with E-state index in [0.29, 0.717) is 12.3 Å². The van der Waals surface area contributed by atoms with Crippen molar-refractivity contribution >= 4 is 33.0 Å². The van der Waals surface area contributed by atoms with Gasteiger partial charge in [0.05, 0.1) is 12.3 Å². The van der Waals surface area contributed by atoms with Crippen molar-refractivity contribution in [1.82, 2.24) is 9.71 Å². The molecule has 0 saturated carbocycles. The van der Waals surface area contributed by atoms with Gasteiger partial charge in [-0.2, -0.15) is 0 Å². The van der Waals surface area contributed by atoms with Gasteiger partial charge in [0.2, 0.25) is 10.0 Å². The highest BCUT2D eigenvalue weighted by Crippen LogP contribution is 2.13. The van der Waals surface area contributed by atoms with Crippen molar-refractivity contribution < 1.29 is 8.42 Å². The lowest BCUT2D eigenvalue weighted by Gasteiger charge is -2.03. The Hall–Kier alpha value is -0.170. The first-order valence-electron chi connectivity index (χ1n) is 5.54. The summed E-state index contributed by atoms with van der Waals surface area (Å²) in [6.07, 6.45) is 4.04. The zero-order valence-corrected chi connectivity index (χ0v) is 12.2. The van der Waals surface area contributed by atoms with Crippen LogP contribution in [0.15, 0.2) is 6.20 Å². The maximum atomic E-state index is 11.6. The van der Waals surface area contributed by atoms with Gasteiger partial charge in [0, 0.05) is 17.0 Å². The molecule has 0 saturated heterocycles. The quantitative estimate of drug-likeness (QED) is 0.591. The molecule has 0 atom stereocenters. The predicted molar refractivity (Wildman–Crippen MR) is 72.1 cm³/mol. The molecule has 17 heavy (non-hydrogen) atoms. The largest absolute Gasteiger partial charge is 0.248 e. The summed E-state index contributed by atoms with van der Waals surface area (Å²) < 4.78 is 25.7. The molecule has 4 nitrogen and oxygen atoms in total. The topological polar surface area (TPSA) is 59.1 Å². The Morgan fingerprint density at radius 3 is 2.82 bits per heavy atom. The highest BCUT2D eigenvalue weighted by Gasteiger charge is 2.10. The van der Waals surface area contributed by atoms with Gasteiger partial charge in [-0.3, -0.25) is 0 Å². The van der Waals surface area contributed by atoms with Crippen LogP contribution < -0.4 is 4.72 Å². The van der Waals surface area contributed by atoms with E-state index in [9.17, 15) is 8.42 Å². The van der Waals surface area contributed by atoms with Gasteiger partial charge in [-0.05, 0) is 19.3 Å². The third-order valence-electron chi connectivity index (χ3n) is 2.19. The third-order valence-corrected chi connectivity index (χ3v) is 5.01. The molecule has 1 rings (SSSR count). The van der Waals surface area contributed by atoms with Crippen LogP contribution in [-0.4, -0.2) is 25.0 Å². The van der Waals surface area contributed by atoms with Gasteiger partial charge in [-0.25, -0.2) is 18.1 Å². The van der Waals surface area contributed by atoms with Crippen molar-refractivity contribution in [2.75, 3.05) is 11.6 Å². The zero-order valence-electron chi connectivity index (χ0n) is 9.78. The number of nitrogens with one attached hydrogen (secondary N) is 1. The molecule has 0 unspecified atom stereocenters. The number of halogens is 1. The van der Waals surface area contributed by atoms with Gasteiger partial charge in [-0.1, -0.05) is 6.92 Å². The number of nitrogens with zero attached hydrogens (tertiary/aromatic N) is 1. The molecule has 0 radical (unpaired) electrons. The number of rotatable bonds is 8. The molecule has 1 aromatic rings. The van der Waals surface area contributed by atoms with Crippen LogP contribution in [0.5, 0.6) is 0 Å². The average molecular weight is 297 g/mol. The highest BCUT2D eigenvalue weighted by molar-refractivity contribution is 7.89. The number of unbranched alkanes of at least 4 members (excludes halogenated alkanes) is 1. The second kappa shape index (κ2) is 7.31. The molecule has 0 amide bonds. The molecule has 0 aromatic carbocycles. The maximum absolute atomic E-state index is 11.6. The van der Waals surface area contributed by atoms with Crippen LogP contribution in [-0.2, 0) is 23.0 Å². The summed E-state index contributed by atoms with van der Waals surface area (Å²) in [5.74, 6) is 0.633. The fraction of sp³-hybridized carbons (Fsp3) is 0.700. The van der Waals surface area contributed by atoms with Crippen LogP contribution in [0, 0.1) is 0 Å². The summed E-state index contributed by atoms with van der Waals surface area (Å²) in [4.78, 5) is 5.32. The van der Waals surface area contributed by atoms with Crippen molar-refractivity contribution in [3.8, 4) is 0 Å². The Morgan fingerprint density at radius 2 is 2.24 bits per heavy atom. The van der Waals surface area contributed by atoms with Crippen molar-refractivity contribution in [2.24, 2.45) is 0 Å². The number of sulfonamides is 1. The average Bonchev–Trinajstić information content (AvgIpc) is 2.75. The number of thiazole rings is 1. The fourth-order valence-corrected chi connectivity index (χ4v) is 3.39. The van der Waals surface area contributed by atoms with E-state index in [4.69, 9.17) is 11.6 Å². The summed E-state index contributed by atoms with van der Waals surface area (Å²) in [5, 5.41) is 0.808. The first kappa shape index (κ1) is 14.9. The molecule has 0 bridgehead atoms. The van der Waals surface area contributed by atoms with E-state index in [-0.39, 0.29) is 12.3 Å². The number of aryl methyl sites for hydroxylation is 1. The van der Waals surface area contributed by atoms with Crippen LogP contribution in [0.25, 0.3) is 0 Å². The lowest BCUT2D eigenvalue weighted by molar-refractivity contribution is 0.578. The molecular formula is C10H17ClN2O2S2. The van der Waals surface area contributed by atoms with Gasteiger partial charge >= 0.3 is 0 Å². The van der Waals surface area contributed by atoms with Gasteiger partial charge < -0.3 is 0 Å². The normalized spacial score (nSPS) is 11.9. The Balaban J connectivity index is 2.38. The number of hydrogen-bond acceptors (Lipinski definition) is 4. The van der Waals surface area contributed by atoms with Crippen molar-refractivity contribution in [3.05, 3.63) is 16.1 Å². The SMILES string of the molecule is CCc1cnc(CNS(=O)(=O)CCCCCl)s1. The Labute approximate surface area is 111 Å². The fourth-order valence-electron chi connectivity index (χ4n) is 1.22. The minimum atomic E-state index is -3.19. The van der Waals surface area contributed by atoms with E-state index in [0.717, 1.165) is 17.8 Å². The Morgan fingerprint density at radius 1 is 1.47 bits per heavy atom. The second-order valence-electron chi connectivity index (χ2n) is 3.61. The van der Waals surface area contributed by atoms with Crippen LogP contribution in [0.3, 0.4) is 0 Å². The second-order valence-corrected chi connectivity index (χ2v) is 7.11. The van der Waals surface area contributed by atoms with E-state index >= 15 is 0 Å². The van der Waals surface area contributed by atoms with Crippen LogP contribution in [0.1, 0.15) is 29.7 Å². The molecule has 0 aliphatic heterocycles. The molecule has 98 valence electrons. The van der Waals surface area contributed by atoms with Crippen LogP contribution >= 0.6 is 22.9 Å². The van der Waals surface area contributed by atoms with Gasteiger partial charge in [0.15, 0.2) is 0 Å². The van der Waals surface area contributed by atoms with E-state index in [1.54, 1.807) is 17.5 Å². The first-order chi connectivity index (χ1) is 8.07. The van der Waals surface area contributed by atoms with Crippen LogP contribution in [0.4, 0.5) is 0 Å². The summed E-state index contributed by atoms with van der Waals surface area (Å²) in [5.41, 5.74) is 0. The standard InChI is InChI=1S/C10H17ClN2O2S2/c1-2-9-7-12-10(16-9)8-13-17(14,15)6-4-3-5-11/h7,13H,2-6,8H2,1H3. The summed E-state index contributed by atoms with van der Waals surface area (Å²) in [6.45, 7) is 2.33. The molecular weight excluding hydrogens is 280 g/mol. The summed E-state index contributed by atoms with van der Waals surface area (Å²) in [7, 11) is -3.19. The molecule has 0 fully saturated rings. The summed E-state index contributed by atoms with van der Waals surface area (Å²) in [6, 6.07) is 0. The summed E-state index contributed by atoms with van der Waals surface area (Å²) >= 11 is 7.04. The van der Waals surface area contributed by atoms with E-state index < -0.39 is 10.0 Å². The van der Waals surface area contributed by atoms with Crippen molar-refractivity contribution in [1.29, 1.82) is 0 Å². The number of aromatic nitrogens is 1. The molecule has 1 heterocycles. The molecule has 0 spiro atoms. The van der Waals surface area contributed by atoms with Crippen LogP contribution in [0.2, 0.25) is 0 Å². The molecule has 0 aliphatic rings. The van der Waals surface area contributed by atoms with Gasteiger partial charge in [-0.15, -0.1) is 22.9 Å². The van der Waals surface area contributed by atoms with Crippen molar-refractivity contribution in [2.45, 2.75) is 32.7 Å². The van der Waals surface area contributed by atoms with Gasteiger partial charge in [0.1, 0.15) is 5.01 Å². The zero-order chi connectivity index (χ0) is 12.7. The Bertz CT molecular complexity index is 431. The lowest BCUT2D eigenvalue weighted by atomic mass is 10.4. The monoisotopic (exact) mass is 296 g/mol. The van der Waals surface area contributed by atoms with E-state index in [2.05, 4.69) is 9.71 Å². The maximum Gasteiger partial charge on any atom is 0.211 e. The van der Waals surface area contributed by atoms with Crippen molar-refractivity contribution in [3.63, 3.8) is 0 Å². The van der Waals surface area contributed by atoms with E-state index in [1.807, 2.05) is 6.92 Å². The number of alkyl halides is 1. The smallest absolute Gasteiger partial charge is 0.211 e. The Kier molecular flexibility index (Phi) is 6.40. The highest BCUT2D eigenvalue weighted by atomic mass is 35.5. The molecule has 1 aromatic heterocycles. The first-order valence-corrected chi connectivity index (χ1v) is 8.54. The number of hydrogen-bond donors (Lipinski definition) is 1. The van der Waals surface area contributed by atoms with Gasteiger partial charge in [0.25, 0.3) is 0 Å².